The molecule has 2 aliphatic rings. The fraction of sp³-hybridized carbons (Fsp3) is 1.00. The zero-order valence-corrected chi connectivity index (χ0v) is 10.6. The molecule has 2 aliphatic heterocycles. The van der Waals surface area contributed by atoms with Gasteiger partial charge in [0.1, 0.15) is 0 Å². The van der Waals surface area contributed by atoms with Gasteiger partial charge in [-0.3, -0.25) is 0 Å². The molecule has 0 spiro atoms. The lowest BCUT2D eigenvalue weighted by atomic mass is 9.95. The first-order chi connectivity index (χ1) is 7.38. The van der Waals surface area contributed by atoms with Crippen LogP contribution in [0.15, 0.2) is 0 Å². The minimum absolute atomic E-state index is 0.0877. The molecule has 2 rings (SSSR count). The monoisotopic (exact) mass is 230 g/mol. The van der Waals surface area contributed by atoms with Crippen molar-refractivity contribution in [2.45, 2.75) is 40.3 Å². The Bertz CT molecular complexity index is 203. The van der Waals surface area contributed by atoms with E-state index in [9.17, 15) is 0 Å². The first kappa shape index (κ1) is 12.3. The van der Waals surface area contributed by atoms with Crippen molar-refractivity contribution in [3.63, 3.8) is 0 Å². The minimum Gasteiger partial charge on any atom is -0.347 e. The molecule has 0 amide bonds. The van der Waals surface area contributed by atoms with Crippen LogP contribution in [0, 0.1) is 10.8 Å². The maximum absolute atomic E-state index is 5.63. The van der Waals surface area contributed by atoms with Gasteiger partial charge >= 0.3 is 0 Å². The average Bonchev–Trinajstić information content (AvgIpc) is 2.19. The van der Waals surface area contributed by atoms with E-state index in [4.69, 9.17) is 18.9 Å². The Morgan fingerprint density at radius 1 is 0.625 bits per heavy atom. The van der Waals surface area contributed by atoms with E-state index in [2.05, 4.69) is 27.7 Å². The lowest BCUT2D eigenvalue weighted by molar-refractivity contribution is -0.345. The van der Waals surface area contributed by atoms with Crippen molar-refractivity contribution < 1.29 is 18.9 Å². The summed E-state index contributed by atoms with van der Waals surface area (Å²) in [5.41, 5.74) is 0.175. The van der Waals surface area contributed by atoms with Crippen LogP contribution in [0.3, 0.4) is 0 Å². The second-order valence-corrected chi connectivity index (χ2v) is 6.31. The molecule has 2 saturated heterocycles. The van der Waals surface area contributed by atoms with Crippen molar-refractivity contribution in [1.29, 1.82) is 0 Å². The molecule has 4 nitrogen and oxygen atoms in total. The molecular formula is C12H22O4. The molecular weight excluding hydrogens is 208 g/mol. The second-order valence-electron chi connectivity index (χ2n) is 6.31. The third-order valence-electron chi connectivity index (χ3n) is 2.78. The van der Waals surface area contributed by atoms with Gasteiger partial charge in [0.25, 0.3) is 0 Å². The number of hydrogen-bond donors (Lipinski definition) is 0. The fourth-order valence-corrected chi connectivity index (χ4v) is 1.72. The molecule has 0 aromatic rings. The summed E-state index contributed by atoms with van der Waals surface area (Å²) in [5.74, 6) is 0. The van der Waals surface area contributed by atoms with Crippen LogP contribution < -0.4 is 0 Å². The fourth-order valence-electron chi connectivity index (χ4n) is 1.72. The third-order valence-corrected chi connectivity index (χ3v) is 2.78. The zero-order chi connectivity index (χ0) is 11.8. The molecule has 0 aromatic carbocycles. The third kappa shape index (κ3) is 2.94. The highest BCUT2D eigenvalue weighted by Gasteiger charge is 2.38. The van der Waals surface area contributed by atoms with Crippen LogP contribution >= 0.6 is 0 Å². The highest BCUT2D eigenvalue weighted by Crippen LogP contribution is 2.29. The molecule has 4 heteroatoms. The Morgan fingerprint density at radius 2 is 0.875 bits per heavy atom. The summed E-state index contributed by atoms with van der Waals surface area (Å²) < 4.78 is 22.5. The first-order valence-corrected chi connectivity index (χ1v) is 5.85. The van der Waals surface area contributed by atoms with Crippen LogP contribution in [0.4, 0.5) is 0 Å². The maximum atomic E-state index is 5.63. The Kier molecular flexibility index (Phi) is 3.27. The lowest BCUT2D eigenvalue weighted by Gasteiger charge is -2.41. The van der Waals surface area contributed by atoms with Gasteiger partial charge < -0.3 is 18.9 Å². The Hall–Kier alpha value is -0.160. The van der Waals surface area contributed by atoms with Gasteiger partial charge in [-0.25, -0.2) is 0 Å². The molecule has 0 N–H and O–H groups in total. The van der Waals surface area contributed by atoms with Gasteiger partial charge in [-0.15, -0.1) is 0 Å². The smallest absolute Gasteiger partial charge is 0.209 e. The molecule has 0 aliphatic carbocycles. The minimum atomic E-state index is -0.371. The van der Waals surface area contributed by atoms with E-state index in [1.54, 1.807) is 0 Å². The second kappa shape index (κ2) is 4.26. The standard InChI is InChI=1S/C12H22O4/c1-11(2)5-13-9(14-6-11)10-15-7-12(3,4)8-16-10/h9-10H,5-8H2,1-4H3. The molecule has 2 heterocycles. The molecule has 0 saturated carbocycles. The Morgan fingerprint density at radius 3 is 1.12 bits per heavy atom. The molecule has 0 atom stereocenters. The molecule has 16 heavy (non-hydrogen) atoms. The molecule has 0 unspecified atom stereocenters. The summed E-state index contributed by atoms with van der Waals surface area (Å²) in [6.07, 6.45) is -0.742. The van der Waals surface area contributed by atoms with Crippen LogP contribution in [0.25, 0.3) is 0 Å². The lowest BCUT2D eigenvalue weighted by Crippen LogP contribution is -2.49. The molecule has 0 radical (unpaired) electrons. The molecule has 0 bridgehead atoms. The topological polar surface area (TPSA) is 36.9 Å². The Labute approximate surface area is 97.2 Å². The summed E-state index contributed by atoms with van der Waals surface area (Å²) in [4.78, 5) is 0. The molecule has 94 valence electrons. The summed E-state index contributed by atoms with van der Waals surface area (Å²) in [5, 5.41) is 0. The van der Waals surface area contributed by atoms with Gasteiger partial charge in [0.15, 0.2) is 0 Å². The number of hydrogen-bond acceptors (Lipinski definition) is 4. The van der Waals surface area contributed by atoms with Crippen LogP contribution in [0.2, 0.25) is 0 Å². The molecule has 2 fully saturated rings. The van der Waals surface area contributed by atoms with E-state index in [1.165, 1.54) is 0 Å². The van der Waals surface area contributed by atoms with Crippen molar-refractivity contribution >= 4 is 0 Å². The van der Waals surface area contributed by atoms with Crippen molar-refractivity contribution in [1.82, 2.24) is 0 Å². The van der Waals surface area contributed by atoms with Crippen LogP contribution in [-0.4, -0.2) is 39.0 Å². The molecule has 0 aromatic heterocycles. The summed E-state index contributed by atoms with van der Waals surface area (Å²) in [6, 6.07) is 0. The van der Waals surface area contributed by atoms with E-state index in [-0.39, 0.29) is 23.4 Å². The van der Waals surface area contributed by atoms with Crippen molar-refractivity contribution in [3.8, 4) is 0 Å². The van der Waals surface area contributed by atoms with Crippen molar-refractivity contribution in [2.75, 3.05) is 26.4 Å². The van der Waals surface area contributed by atoms with E-state index in [0.29, 0.717) is 26.4 Å². The van der Waals surface area contributed by atoms with Crippen molar-refractivity contribution in [3.05, 3.63) is 0 Å². The number of ether oxygens (including phenoxy) is 4. The number of rotatable bonds is 1. The van der Waals surface area contributed by atoms with Crippen LogP contribution in [0.5, 0.6) is 0 Å². The quantitative estimate of drug-likeness (QED) is 0.688. The van der Waals surface area contributed by atoms with Gasteiger partial charge in [-0.05, 0) is 0 Å². The maximum Gasteiger partial charge on any atom is 0.209 e. The van der Waals surface area contributed by atoms with E-state index in [0.717, 1.165) is 0 Å². The van der Waals surface area contributed by atoms with Gasteiger partial charge in [-0.1, -0.05) is 27.7 Å². The largest absolute Gasteiger partial charge is 0.347 e. The first-order valence-electron chi connectivity index (χ1n) is 5.85. The van der Waals surface area contributed by atoms with E-state index >= 15 is 0 Å². The summed E-state index contributed by atoms with van der Waals surface area (Å²) >= 11 is 0. The van der Waals surface area contributed by atoms with Crippen LogP contribution in [0.1, 0.15) is 27.7 Å². The predicted molar refractivity (Wildman–Crippen MR) is 58.9 cm³/mol. The van der Waals surface area contributed by atoms with Gasteiger partial charge in [0.2, 0.25) is 12.6 Å². The summed E-state index contributed by atoms with van der Waals surface area (Å²) in [7, 11) is 0. The average molecular weight is 230 g/mol. The van der Waals surface area contributed by atoms with Gasteiger partial charge in [0, 0.05) is 10.8 Å². The van der Waals surface area contributed by atoms with Crippen LogP contribution in [-0.2, 0) is 18.9 Å². The van der Waals surface area contributed by atoms with Gasteiger partial charge in [-0.2, -0.15) is 0 Å². The van der Waals surface area contributed by atoms with E-state index < -0.39 is 0 Å². The van der Waals surface area contributed by atoms with Crippen molar-refractivity contribution in [2.24, 2.45) is 10.8 Å². The van der Waals surface area contributed by atoms with E-state index in [1.807, 2.05) is 0 Å². The van der Waals surface area contributed by atoms with Gasteiger partial charge in [0.05, 0.1) is 26.4 Å². The summed E-state index contributed by atoms with van der Waals surface area (Å²) in [6.45, 7) is 11.2. The Balaban J connectivity index is 1.82. The highest BCUT2D eigenvalue weighted by molar-refractivity contribution is 4.76. The SMILES string of the molecule is CC1(C)COC(C2OCC(C)(C)CO2)OC1. The highest BCUT2D eigenvalue weighted by atomic mass is 16.8. The predicted octanol–water partition coefficient (Wildman–Crippen LogP) is 1.78. The zero-order valence-electron chi connectivity index (χ0n) is 10.6. The normalized spacial score (nSPS) is 31.5.